The Morgan fingerprint density at radius 1 is 1.44 bits per heavy atom. The van der Waals surface area contributed by atoms with E-state index in [0.717, 1.165) is 30.4 Å². The van der Waals surface area contributed by atoms with Crippen LogP contribution in [0.5, 0.6) is 0 Å². The number of piperidine rings is 1. The molecule has 3 nitrogen and oxygen atoms in total. The van der Waals surface area contributed by atoms with Gasteiger partial charge in [-0.05, 0) is 50.0 Å². The van der Waals surface area contributed by atoms with Gasteiger partial charge in [-0.2, -0.15) is 0 Å². The van der Waals surface area contributed by atoms with Crippen LogP contribution in [0.2, 0.25) is 5.02 Å². The van der Waals surface area contributed by atoms with E-state index in [1.54, 1.807) is 6.07 Å². The van der Waals surface area contributed by atoms with Crippen molar-refractivity contribution in [2.45, 2.75) is 19.3 Å². The third-order valence-electron chi connectivity index (χ3n) is 3.14. The Kier molecular flexibility index (Phi) is 5.03. The average molecular weight is 332 g/mol. The van der Waals surface area contributed by atoms with Crippen molar-refractivity contribution in [1.29, 1.82) is 0 Å². The minimum Gasteiger partial charge on any atom is -0.325 e. The maximum atomic E-state index is 11.9. The second-order valence-electron chi connectivity index (χ2n) is 4.57. The van der Waals surface area contributed by atoms with Gasteiger partial charge in [0, 0.05) is 10.9 Å². The topological polar surface area (TPSA) is 41.1 Å². The quantitative estimate of drug-likeness (QED) is 0.891. The van der Waals surface area contributed by atoms with E-state index in [-0.39, 0.29) is 5.91 Å². The van der Waals surface area contributed by atoms with E-state index in [9.17, 15) is 4.79 Å². The van der Waals surface area contributed by atoms with Gasteiger partial charge in [-0.15, -0.1) is 0 Å². The molecule has 18 heavy (non-hydrogen) atoms. The van der Waals surface area contributed by atoms with Crippen molar-refractivity contribution in [3.8, 4) is 0 Å². The zero-order valence-electron chi connectivity index (χ0n) is 10.0. The molecule has 0 aromatic heterocycles. The van der Waals surface area contributed by atoms with Gasteiger partial charge in [-0.3, -0.25) is 4.79 Å². The Labute approximate surface area is 120 Å². The van der Waals surface area contributed by atoms with Crippen molar-refractivity contribution < 1.29 is 4.79 Å². The van der Waals surface area contributed by atoms with Crippen molar-refractivity contribution >= 4 is 39.1 Å². The number of carbonyl (C=O) groups excluding carboxylic acids is 1. The molecule has 1 amide bonds. The van der Waals surface area contributed by atoms with Gasteiger partial charge >= 0.3 is 0 Å². The molecule has 2 rings (SSSR count). The van der Waals surface area contributed by atoms with Crippen LogP contribution in [0.25, 0.3) is 0 Å². The van der Waals surface area contributed by atoms with Gasteiger partial charge in [-0.1, -0.05) is 27.5 Å². The van der Waals surface area contributed by atoms with E-state index in [1.807, 2.05) is 12.1 Å². The van der Waals surface area contributed by atoms with Crippen LogP contribution in [0.4, 0.5) is 5.69 Å². The molecule has 1 aromatic carbocycles. The van der Waals surface area contributed by atoms with Crippen molar-refractivity contribution in [2.75, 3.05) is 18.4 Å². The van der Waals surface area contributed by atoms with Gasteiger partial charge in [-0.25, -0.2) is 0 Å². The second-order valence-corrected chi connectivity index (χ2v) is 5.89. The van der Waals surface area contributed by atoms with E-state index >= 15 is 0 Å². The van der Waals surface area contributed by atoms with Gasteiger partial charge in [0.25, 0.3) is 0 Å². The summed E-state index contributed by atoms with van der Waals surface area (Å²) in [6.07, 6.45) is 2.72. The Bertz CT molecular complexity index is 433. The molecule has 0 radical (unpaired) electrons. The standard InChI is InChI=1S/C13H16BrClN2O/c14-10-1-2-12(11(15)8-10)17-13(18)7-9-3-5-16-6-4-9/h1-2,8-9,16H,3-7H2,(H,17,18). The first-order chi connectivity index (χ1) is 8.65. The summed E-state index contributed by atoms with van der Waals surface area (Å²) in [6, 6.07) is 5.46. The lowest BCUT2D eigenvalue weighted by Gasteiger charge is -2.22. The molecule has 1 saturated heterocycles. The monoisotopic (exact) mass is 330 g/mol. The first kappa shape index (κ1) is 13.8. The number of rotatable bonds is 3. The molecule has 0 spiro atoms. The fourth-order valence-corrected chi connectivity index (χ4v) is 2.86. The van der Waals surface area contributed by atoms with Crippen molar-refractivity contribution in [3.63, 3.8) is 0 Å². The molecular weight excluding hydrogens is 316 g/mol. The maximum Gasteiger partial charge on any atom is 0.224 e. The number of hydrogen-bond acceptors (Lipinski definition) is 2. The highest BCUT2D eigenvalue weighted by Crippen LogP contribution is 2.26. The third-order valence-corrected chi connectivity index (χ3v) is 3.94. The van der Waals surface area contributed by atoms with Crippen LogP contribution in [-0.4, -0.2) is 19.0 Å². The Balaban J connectivity index is 1.90. The lowest BCUT2D eigenvalue weighted by Crippen LogP contribution is -2.30. The molecule has 1 heterocycles. The lowest BCUT2D eigenvalue weighted by atomic mass is 9.94. The molecule has 1 fully saturated rings. The number of anilines is 1. The minimum absolute atomic E-state index is 0.0473. The van der Waals surface area contributed by atoms with Crippen LogP contribution in [0.3, 0.4) is 0 Å². The summed E-state index contributed by atoms with van der Waals surface area (Å²) in [6.45, 7) is 2.02. The minimum atomic E-state index is 0.0473. The molecule has 98 valence electrons. The molecule has 1 aromatic rings. The van der Waals surface area contributed by atoms with Crippen molar-refractivity contribution in [1.82, 2.24) is 5.32 Å². The summed E-state index contributed by atoms with van der Waals surface area (Å²) in [5.41, 5.74) is 0.679. The van der Waals surface area contributed by atoms with Crippen LogP contribution in [-0.2, 0) is 4.79 Å². The predicted molar refractivity (Wildman–Crippen MR) is 78.0 cm³/mol. The van der Waals surface area contributed by atoms with Crippen molar-refractivity contribution in [3.05, 3.63) is 27.7 Å². The van der Waals surface area contributed by atoms with Crippen LogP contribution in [0.15, 0.2) is 22.7 Å². The smallest absolute Gasteiger partial charge is 0.224 e. The van der Waals surface area contributed by atoms with Crippen LogP contribution in [0.1, 0.15) is 19.3 Å². The molecule has 1 aliphatic rings. The number of carbonyl (C=O) groups is 1. The molecule has 2 N–H and O–H groups in total. The van der Waals surface area contributed by atoms with Gasteiger partial charge in [0.05, 0.1) is 10.7 Å². The van der Waals surface area contributed by atoms with Crippen LogP contribution in [0, 0.1) is 5.92 Å². The number of halogens is 2. The number of amides is 1. The number of hydrogen-bond donors (Lipinski definition) is 2. The summed E-state index contributed by atoms with van der Waals surface area (Å²) >= 11 is 9.40. The van der Waals surface area contributed by atoms with Gasteiger partial charge in [0.1, 0.15) is 0 Å². The SMILES string of the molecule is O=C(CC1CCNCC1)Nc1ccc(Br)cc1Cl. The Morgan fingerprint density at radius 3 is 2.83 bits per heavy atom. The Hall–Kier alpha value is -0.580. The zero-order chi connectivity index (χ0) is 13.0. The average Bonchev–Trinajstić information content (AvgIpc) is 2.34. The fraction of sp³-hybridized carbons (Fsp3) is 0.462. The lowest BCUT2D eigenvalue weighted by molar-refractivity contribution is -0.117. The molecule has 0 saturated carbocycles. The summed E-state index contributed by atoms with van der Waals surface area (Å²) in [5.74, 6) is 0.534. The third kappa shape index (κ3) is 3.97. The highest BCUT2D eigenvalue weighted by molar-refractivity contribution is 9.10. The predicted octanol–water partition coefficient (Wildman–Crippen LogP) is 3.43. The first-order valence-corrected chi connectivity index (χ1v) is 7.28. The van der Waals surface area contributed by atoms with Crippen LogP contribution < -0.4 is 10.6 Å². The highest BCUT2D eigenvalue weighted by Gasteiger charge is 2.17. The van der Waals surface area contributed by atoms with E-state index in [1.165, 1.54) is 0 Å². The van der Waals surface area contributed by atoms with Gasteiger partial charge in [0.2, 0.25) is 5.91 Å². The summed E-state index contributed by atoms with van der Waals surface area (Å²) in [4.78, 5) is 11.9. The highest BCUT2D eigenvalue weighted by atomic mass is 79.9. The number of benzene rings is 1. The van der Waals surface area contributed by atoms with Gasteiger partial charge in [0.15, 0.2) is 0 Å². The summed E-state index contributed by atoms with van der Waals surface area (Å²) in [5, 5.41) is 6.73. The maximum absolute atomic E-state index is 11.9. The zero-order valence-corrected chi connectivity index (χ0v) is 12.4. The van der Waals surface area contributed by atoms with Gasteiger partial charge < -0.3 is 10.6 Å². The molecule has 0 bridgehead atoms. The molecule has 0 aliphatic carbocycles. The molecule has 0 unspecified atom stereocenters. The number of nitrogens with one attached hydrogen (secondary N) is 2. The second kappa shape index (κ2) is 6.55. The molecule has 0 atom stereocenters. The molecule has 1 aliphatic heterocycles. The summed E-state index contributed by atoms with van der Waals surface area (Å²) < 4.78 is 0.906. The first-order valence-electron chi connectivity index (χ1n) is 6.11. The normalized spacial score (nSPS) is 16.6. The van der Waals surface area contributed by atoms with Crippen molar-refractivity contribution in [2.24, 2.45) is 5.92 Å². The summed E-state index contributed by atoms with van der Waals surface area (Å²) in [7, 11) is 0. The van der Waals surface area contributed by atoms with E-state index in [0.29, 0.717) is 23.0 Å². The fourth-order valence-electron chi connectivity index (χ4n) is 2.14. The Morgan fingerprint density at radius 2 is 2.17 bits per heavy atom. The van der Waals surface area contributed by atoms with Crippen LogP contribution >= 0.6 is 27.5 Å². The molecule has 5 heteroatoms. The van der Waals surface area contributed by atoms with E-state index in [2.05, 4.69) is 26.6 Å². The van der Waals surface area contributed by atoms with E-state index < -0.39 is 0 Å². The van der Waals surface area contributed by atoms with E-state index in [4.69, 9.17) is 11.6 Å². The molecular formula is C13H16BrClN2O. The largest absolute Gasteiger partial charge is 0.325 e.